The number of halogens is 2. The zero-order valence-corrected chi connectivity index (χ0v) is 12.2. The Labute approximate surface area is 127 Å². The highest BCUT2D eigenvalue weighted by molar-refractivity contribution is 5.44. The molecule has 3 rings (SSSR count). The van der Waals surface area contributed by atoms with Crippen LogP contribution in [-0.2, 0) is 6.54 Å². The van der Waals surface area contributed by atoms with Gasteiger partial charge in [-0.3, -0.25) is 0 Å². The molecule has 5 heteroatoms. The Hall–Kier alpha value is -2.14. The molecule has 3 nitrogen and oxygen atoms in total. The van der Waals surface area contributed by atoms with Gasteiger partial charge in [-0.1, -0.05) is 6.07 Å². The third-order valence-corrected chi connectivity index (χ3v) is 3.67. The highest BCUT2D eigenvalue weighted by Crippen LogP contribution is 2.32. The minimum atomic E-state index is -0.440. The van der Waals surface area contributed by atoms with Crippen LogP contribution in [0.3, 0.4) is 0 Å². The van der Waals surface area contributed by atoms with E-state index < -0.39 is 11.6 Å². The molecular formula is C17H17F2NO2. The van der Waals surface area contributed by atoms with Crippen LogP contribution in [0.15, 0.2) is 36.4 Å². The summed E-state index contributed by atoms with van der Waals surface area (Å²) in [4.78, 5) is 0. The zero-order valence-electron chi connectivity index (χ0n) is 12.2. The van der Waals surface area contributed by atoms with Crippen LogP contribution < -0.4 is 14.8 Å². The van der Waals surface area contributed by atoms with E-state index in [1.807, 2.05) is 25.1 Å². The van der Waals surface area contributed by atoms with E-state index in [1.54, 1.807) is 0 Å². The van der Waals surface area contributed by atoms with Gasteiger partial charge in [0.2, 0.25) is 0 Å². The lowest BCUT2D eigenvalue weighted by atomic mass is 10.1. The predicted octanol–water partition coefficient (Wildman–Crippen LogP) is 3.59. The lowest BCUT2D eigenvalue weighted by Gasteiger charge is -2.21. The molecule has 1 unspecified atom stereocenters. The normalized spacial score (nSPS) is 14.7. The summed E-state index contributed by atoms with van der Waals surface area (Å²) in [6.45, 7) is 3.30. The largest absolute Gasteiger partial charge is 0.486 e. The van der Waals surface area contributed by atoms with Crippen molar-refractivity contribution >= 4 is 0 Å². The number of benzene rings is 2. The van der Waals surface area contributed by atoms with E-state index in [1.165, 1.54) is 6.07 Å². The first-order valence-corrected chi connectivity index (χ1v) is 7.20. The molecule has 1 heterocycles. The van der Waals surface area contributed by atoms with E-state index >= 15 is 0 Å². The Bertz CT molecular complexity index is 676. The quantitative estimate of drug-likeness (QED) is 0.936. The molecule has 2 aromatic carbocycles. The lowest BCUT2D eigenvalue weighted by Crippen LogP contribution is -2.20. The van der Waals surface area contributed by atoms with Gasteiger partial charge < -0.3 is 14.8 Å². The Morgan fingerprint density at radius 1 is 1.05 bits per heavy atom. The van der Waals surface area contributed by atoms with Crippen LogP contribution in [0.4, 0.5) is 8.78 Å². The van der Waals surface area contributed by atoms with Crippen LogP contribution in [0.25, 0.3) is 0 Å². The molecule has 1 N–H and O–H groups in total. The summed E-state index contributed by atoms with van der Waals surface area (Å²) in [6, 6.07) is 9.15. The van der Waals surface area contributed by atoms with E-state index in [-0.39, 0.29) is 12.6 Å². The van der Waals surface area contributed by atoms with Crippen LogP contribution >= 0.6 is 0 Å². The van der Waals surface area contributed by atoms with Crippen LogP contribution in [0.2, 0.25) is 0 Å². The van der Waals surface area contributed by atoms with Gasteiger partial charge in [0.1, 0.15) is 24.8 Å². The SMILES string of the molecule is CC(NCc1cc(F)ccc1F)c1ccc2c(c1)OCCO2. The minimum Gasteiger partial charge on any atom is -0.486 e. The highest BCUT2D eigenvalue weighted by Gasteiger charge is 2.14. The number of rotatable bonds is 4. The molecule has 0 spiro atoms. The van der Waals surface area contributed by atoms with Gasteiger partial charge in [0.05, 0.1) is 0 Å². The molecule has 1 atom stereocenters. The summed E-state index contributed by atoms with van der Waals surface area (Å²) in [6.07, 6.45) is 0. The number of hydrogen-bond acceptors (Lipinski definition) is 3. The van der Waals surface area contributed by atoms with E-state index in [0.717, 1.165) is 23.4 Å². The second kappa shape index (κ2) is 6.32. The fraction of sp³-hybridized carbons (Fsp3) is 0.294. The van der Waals surface area contributed by atoms with Crippen molar-refractivity contribution in [1.29, 1.82) is 0 Å². The summed E-state index contributed by atoms with van der Waals surface area (Å²) >= 11 is 0. The van der Waals surface area contributed by atoms with Crippen LogP contribution in [0.5, 0.6) is 11.5 Å². The summed E-state index contributed by atoms with van der Waals surface area (Å²) in [5.74, 6) is 0.598. The molecule has 0 saturated heterocycles. The standard InChI is InChI=1S/C17H17F2NO2/c1-11(20-10-13-8-14(18)3-4-15(13)19)12-2-5-16-17(9-12)22-7-6-21-16/h2-5,8-9,11,20H,6-7,10H2,1H3. The topological polar surface area (TPSA) is 30.5 Å². The average molecular weight is 305 g/mol. The van der Waals surface area contributed by atoms with Crippen molar-refractivity contribution in [2.45, 2.75) is 19.5 Å². The van der Waals surface area contributed by atoms with Gasteiger partial charge in [0.15, 0.2) is 11.5 Å². The molecule has 0 aromatic heterocycles. The van der Waals surface area contributed by atoms with Crippen molar-refractivity contribution in [1.82, 2.24) is 5.32 Å². The minimum absolute atomic E-state index is 0.0292. The molecular weight excluding hydrogens is 288 g/mol. The fourth-order valence-corrected chi connectivity index (χ4v) is 2.39. The maximum absolute atomic E-state index is 13.6. The molecule has 0 fully saturated rings. The molecule has 0 saturated carbocycles. The average Bonchev–Trinajstić information content (AvgIpc) is 2.55. The van der Waals surface area contributed by atoms with Crippen LogP contribution in [0.1, 0.15) is 24.1 Å². The highest BCUT2D eigenvalue weighted by atomic mass is 19.1. The fourth-order valence-electron chi connectivity index (χ4n) is 2.39. The first kappa shape index (κ1) is 14.8. The molecule has 0 bridgehead atoms. The van der Waals surface area contributed by atoms with E-state index in [0.29, 0.717) is 24.5 Å². The van der Waals surface area contributed by atoms with Crippen molar-refractivity contribution in [3.8, 4) is 11.5 Å². The summed E-state index contributed by atoms with van der Waals surface area (Å²) in [5.41, 5.74) is 1.31. The Kier molecular flexibility index (Phi) is 4.24. The number of hydrogen-bond donors (Lipinski definition) is 1. The lowest BCUT2D eigenvalue weighted by molar-refractivity contribution is 0.171. The van der Waals surface area contributed by atoms with Crippen molar-refractivity contribution in [2.75, 3.05) is 13.2 Å². The third kappa shape index (κ3) is 3.20. The van der Waals surface area contributed by atoms with Crippen LogP contribution in [-0.4, -0.2) is 13.2 Å². The smallest absolute Gasteiger partial charge is 0.161 e. The third-order valence-electron chi connectivity index (χ3n) is 3.67. The first-order chi connectivity index (χ1) is 10.6. The Morgan fingerprint density at radius 2 is 1.82 bits per heavy atom. The maximum Gasteiger partial charge on any atom is 0.161 e. The molecule has 0 aliphatic carbocycles. The molecule has 22 heavy (non-hydrogen) atoms. The van der Waals surface area contributed by atoms with Crippen molar-refractivity contribution in [3.05, 3.63) is 59.2 Å². The monoisotopic (exact) mass is 305 g/mol. The Balaban J connectivity index is 1.69. The number of nitrogens with one attached hydrogen (secondary N) is 1. The predicted molar refractivity (Wildman–Crippen MR) is 79.0 cm³/mol. The maximum atomic E-state index is 13.6. The molecule has 1 aliphatic heterocycles. The molecule has 116 valence electrons. The zero-order chi connectivity index (χ0) is 15.5. The van der Waals surface area contributed by atoms with Gasteiger partial charge in [-0.25, -0.2) is 8.78 Å². The molecule has 0 amide bonds. The van der Waals surface area contributed by atoms with Gasteiger partial charge in [0, 0.05) is 18.2 Å². The number of ether oxygens (including phenoxy) is 2. The summed E-state index contributed by atoms with van der Waals surface area (Å²) in [5, 5.41) is 3.19. The van der Waals surface area contributed by atoms with E-state index in [4.69, 9.17) is 9.47 Å². The van der Waals surface area contributed by atoms with Gasteiger partial charge in [-0.05, 0) is 42.8 Å². The Morgan fingerprint density at radius 3 is 2.64 bits per heavy atom. The second-order valence-corrected chi connectivity index (χ2v) is 5.24. The molecule has 2 aromatic rings. The van der Waals surface area contributed by atoms with Crippen LogP contribution in [0, 0.1) is 11.6 Å². The van der Waals surface area contributed by atoms with Gasteiger partial charge in [-0.15, -0.1) is 0 Å². The van der Waals surface area contributed by atoms with Crippen molar-refractivity contribution in [2.24, 2.45) is 0 Å². The number of fused-ring (bicyclic) bond motifs is 1. The van der Waals surface area contributed by atoms with Gasteiger partial charge in [-0.2, -0.15) is 0 Å². The summed E-state index contributed by atoms with van der Waals surface area (Å²) in [7, 11) is 0. The van der Waals surface area contributed by atoms with Gasteiger partial charge in [0.25, 0.3) is 0 Å². The second-order valence-electron chi connectivity index (χ2n) is 5.24. The van der Waals surface area contributed by atoms with Crippen molar-refractivity contribution < 1.29 is 18.3 Å². The van der Waals surface area contributed by atoms with E-state index in [2.05, 4.69) is 5.32 Å². The van der Waals surface area contributed by atoms with Crippen molar-refractivity contribution in [3.63, 3.8) is 0 Å². The summed E-state index contributed by atoms with van der Waals surface area (Å²) < 4.78 is 37.8. The van der Waals surface area contributed by atoms with E-state index in [9.17, 15) is 8.78 Å². The van der Waals surface area contributed by atoms with Gasteiger partial charge >= 0.3 is 0 Å². The molecule has 0 radical (unpaired) electrons. The first-order valence-electron chi connectivity index (χ1n) is 7.20. The molecule has 1 aliphatic rings.